The molecule has 112 valence electrons. The van der Waals surface area contributed by atoms with Crippen LogP contribution in [0.1, 0.15) is 47.2 Å². The molecule has 2 aromatic rings. The minimum Gasteiger partial charge on any atom is -0.310 e. The van der Waals surface area contributed by atoms with Crippen LogP contribution in [0.25, 0.3) is 0 Å². The van der Waals surface area contributed by atoms with Gasteiger partial charge in [0.25, 0.3) is 0 Å². The summed E-state index contributed by atoms with van der Waals surface area (Å²) in [6.07, 6.45) is 6.02. The Bertz CT molecular complexity index is 590. The quantitative estimate of drug-likeness (QED) is 0.855. The van der Waals surface area contributed by atoms with E-state index in [0.29, 0.717) is 6.04 Å². The molecule has 0 aliphatic heterocycles. The zero-order chi connectivity index (χ0) is 15.2. The van der Waals surface area contributed by atoms with Gasteiger partial charge in [0, 0.05) is 18.4 Å². The van der Waals surface area contributed by atoms with Gasteiger partial charge in [-0.05, 0) is 68.5 Å². The Kier molecular flexibility index (Phi) is 5.51. The molecule has 0 saturated carbocycles. The summed E-state index contributed by atoms with van der Waals surface area (Å²) in [6, 6.07) is 9.22. The Morgan fingerprint density at radius 3 is 2.62 bits per heavy atom. The molecule has 0 amide bonds. The number of aromatic nitrogens is 1. The highest BCUT2D eigenvalue weighted by Gasteiger charge is 2.15. The number of benzene rings is 1. The molecule has 0 aliphatic rings. The van der Waals surface area contributed by atoms with E-state index in [1.165, 1.54) is 27.8 Å². The van der Waals surface area contributed by atoms with Gasteiger partial charge in [0.1, 0.15) is 0 Å². The fourth-order valence-corrected chi connectivity index (χ4v) is 2.73. The van der Waals surface area contributed by atoms with E-state index < -0.39 is 0 Å². The first-order valence-electron chi connectivity index (χ1n) is 7.81. The van der Waals surface area contributed by atoms with Crippen LogP contribution in [0.15, 0.2) is 36.7 Å². The lowest BCUT2D eigenvalue weighted by Crippen LogP contribution is -2.25. The second-order valence-corrected chi connectivity index (χ2v) is 5.87. The van der Waals surface area contributed by atoms with E-state index in [2.05, 4.69) is 62.3 Å². The topological polar surface area (TPSA) is 24.9 Å². The summed E-state index contributed by atoms with van der Waals surface area (Å²) in [6.45, 7) is 9.75. The van der Waals surface area contributed by atoms with Gasteiger partial charge in [0.05, 0.1) is 0 Å². The zero-order valence-electron chi connectivity index (χ0n) is 13.6. The van der Waals surface area contributed by atoms with Crippen molar-refractivity contribution in [3.63, 3.8) is 0 Å². The Balaban J connectivity index is 2.28. The molecule has 1 aromatic carbocycles. The Labute approximate surface area is 128 Å². The molecule has 0 saturated heterocycles. The number of hydrogen-bond acceptors (Lipinski definition) is 2. The van der Waals surface area contributed by atoms with Crippen LogP contribution in [0.5, 0.6) is 0 Å². The SMILES string of the molecule is CCCNC(Cc1cc(C)ccc1C)c1ccncc1C. The minimum absolute atomic E-state index is 0.355. The van der Waals surface area contributed by atoms with Crippen LogP contribution in [0, 0.1) is 20.8 Å². The molecule has 0 fully saturated rings. The standard InChI is InChI=1S/C19H26N2/c1-5-9-21-19(18-8-10-20-13-16(18)4)12-17-11-14(2)6-7-15(17)3/h6-8,10-11,13,19,21H,5,9,12H2,1-4H3. The normalized spacial score (nSPS) is 12.4. The van der Waals surface area contributed by atoms with Crippen LogP contribution in [0.4, 0.5) is 0 Å². The van der Waals surface area contributed by atoms with Gasteiger partial charge in [-0.1, -0.05) is 30.7 Å². The van der Waals surface area contributed by atoms with Crippen molar-refractivity contribution in [2.75, 3.05) is 6.54 Å². The lowest BCUT2D eigenvalue weighted by Gasteiger charge is -2.22. The predicted molar refractivity (Wildman–Crippen MR) is 89.6 cm³/mol. The molecular weight excluding hydrogens is 256 g/mol. The molecule has 0 radical (unpaired) electrons. The Hall–Kier alpha value is -1.67. The summed E-state index contributed by atoms with van der Waals surface area (Å²) in [5, 5.41) is 3.69. The van der Waals surface area contributed by atoms with E-state index >= 15 is 0 Å². The van der Waals surface area contributed by atoms with E-state index in [1.807, 2.05) is 12.4 Å². The van der Waals surface area contributed by atoms with Crippen molar-refractivity contribution in [2.45, 2.75) is 46.6 Å². The summed E-state index contributed by atoms with van der Waals surface area (Å²) >= 11 is 0. The molecule has 2 nitrogen and oxygen atoms in total. The molecule has 0 bridgehead atoms. The van der Waals surface area contributed by atoms with Gasteiger partial charge in [-0.3, -0.25) is 4.98 Å². The first-order valence-corrected chi connectivity index (χ1v) is 7.81. The summed E-state index contributed by atoms with van der Waals surface area (Å²) in [4.78, 5) is 4.22. The van der Waals surface area contributed by atoms with Crippen molar-refractivity contribution in [2.24, 2.45) is 0 Å². The molecule has 0 aliphatic carbocycles. The highest BCUT2D eigenvalue weighted by Crippen LogP contribution is 2.23. The van der Waals surface area contributed by atoms with Crippen molar-refractivity contribution < 1.29 is 0 Å². The second-order valence-electron chi connectivity index (χ2n) is 5.87. The van der Waals surface area contributed by atoms with Gasteiger partial charge in [-0.15, -0.1) is 0 Å². The third-order valence-corrected chi connectivity index (χ3v) is 4.01. The van der Waals surface area contributed by atoms with Gasteiger partial charge >= 0.3 is 0 Å². The summed E-state index contributed by atoms with van der Waals surface area (Å²) in [5.74, 6) is 0. The number of rotatable bonds is 6. The van der Waals surface area contributed by atoms with Crippen LogP contribution in [-0.2, 0) is 6.42 Å². The smallest absolute Gasteiger partial charge is 0.0364 e. The molecule has 1 N–H and O–H groups in total. The van der Waals surface area contributed by atoms with Crippen molar-refractivity contribution in [3.8, 4) is 0 Å². The summed E-state index contributed by atoms with van der Waals surface area (Å²) < 4.78 is 0. The lowest BCUT2D eigenvalue weighted by molar-refractivity contribution is 0.525. The fourth-order valence-electron chi connectivity index (χ4n) is 2.73. The van der Waals surface area contributed by atoms with Gasteiger partial charge in [0.2, 0.25) is 0 Å². The monoisotopic (exact) mass is 282 g/mol. The van der Waals surface area contributed by atoms with E-state index in [1.54, 1.807) is 0 Å². The highest BCUT2D eigenvalue weighted by atomic mass is 14.9. The molecule has 2 rings (SSSR count). The molecular formula is C19H26N2. The number of nitrogens with one attached hydrogen (secondary N) is 1. The Morgan fingerprint density at radius 1 is 1.10 bits per heavy atom. The minimum atomic E-state index is 0.355. The van der Waals surface area contributed by atoms with Gasteiger partial charge in [0.15, 0.2) is 0 Å². The summed E-state index contributed by atoms with van der Waals surface area (Å²) in [7, 11) is 0. The molecule has 21 heavy (non-hydrogen) atoms. The fraction of sp³-hybridized carbons (Fsp3) is 0.421. The zero-order valence-corrected chi connectivity index (χ0v) is 13.6. The van der Waals surface area contributed by atoms with Gasteiger partial charge in [-0.25, -0.2) is 0 Å². The van der Waals surface area contributed by atoms with Crippen LogP contribution in [0.3, 0.4) is 0 Å². The summed E-state index contributed by atoms with van der Waals surface area (Å²) in [5.41, 5.74) is 6.75. The maximum Gasteiger partial charge on any atom is 0.0364 e. The third kappa shape index (κ3) is 4.15. The first kappa shape index (κ1) is 15.7. The van der Waals surface area contributed by atoms with Gasteiger partial charge < -0.3 is 5.32 Å². The van der Waals surface area contributed by atoms with Gasteiger partial charge in [-0.2, -0.15) is 0 Å². The van der Waals surface area contributed by atoms with E-state index in [-0.39, 0.29) is 0 Å². The number of aryl methyl sites for hydroxylation is 3. The van der Waals surface area contributed by atoms with Crippen molar-refractivity contribution >= 4 is 0 Å². The van der Waals surface area contributed by atoms with Crippen molar-refractivity contribution in [1.29, 1.82) is 0 Å². The first-order chi connectivity index (χ1) is 10.1. The molecule has 0 spiro atoms. The highest BCUT2D eigenvalue weighted by molar-refractivity contribution is 5.34. The van der Waals surface area contributed by atoms with Crippen LogP contribution in [-0.4, -0.2) is 11.5 Å². The molecule has 2 heteroatoms. The second kappa shape index (κ2) is 7.37. The number of pyridine rings is 1. The maximum absolute atomic E-state index is 4.22. The van der Waals surface area contributed by atoms with Crippen LogP contribution < -0.4 is 5.32 Å². The average molecular weight is 282 g/mol. The molecule has 1 unspecified atom stereocenters. The molecule has 1 heterocycles. The predicted octanol–water partition coefficient (Wildman–Crippen LogP) is 4.29. The largest absolute Gasteiger partial charge is 0.310 e. The molecule has 1 atom stereocenters. The number of hydrogen-bond donors (Lipinski definition) is 1. The van der Waals surface area contributed by atoms with Crippen molar-refractivity contribution in [3.05, 3.63) is 64.5 Å². The Morgan fingerprint density at radius 2 is 1.90 bits per heavy atom. The van der Waals surface area contributed by atoms with E-state index in [9.17, 15) is 0 Å². The van der Waals surface area contributed by atoms with Crippen molar-refractivity contribution in [1.82, 2.24) is 10.3 Å². The maximum atomic E-state index is 4.22. The van der Waals surface area contributed by atoms with Crippen LogP contribution >= 0.6 is 0 Å². The average Bonchev–Trinajstić information content (AvgIpc) is 2.48. The lowest BCUT2D eigenvalue weighted by atomic mass is 9.93. The third-order valence-electron chi connectivity index (χ3n) is 4.01. The van der Waals surface area contributed by atoms with E-state index in [4.69, 9.17) is 0 Å². The van der Waals surface area contributed by atoms with Crippen LogP contribution in [0.2, 0.25) is 0 Å². The van der Waals surface area contributed by atoms with E-state index in [0.717, 1.165) is 19.4 Å². The molecule has 1 aromatic heterocycles. The number of nitrogens with zero attached hydrogens (tertiary/aromatic N) is 1.